The minimum Gasteiger partial charge on any atom is -0.315 e. The first-order chi connectivity index (χ1) is 6.51. The van der Waals surface area contributed by atoms with Crippen molar-refractivity contribution >= 4 is 0 Å². The molecule has 2 nitrogen and oxygen atoms in total. The smallest absolute Gasteiger partial charge is 0.0338 e. The third-order valence-corrected chi connectivity index (χ3v) is 2.86. The average Bonchev–Trinajstić information content (AvgIpc) is 1.99. The lowest BCUT2D eigenvalue weighted by Gasteiger charge is -2.37. The second-order valence-electron chi connectivity index (χ2n) is 6.26. The first kappa shape index (κ1) is 14.5. The molecule has 0 fully saturated rings. The van der Waals surface area contributed by atoms with E-state index in [1.807, 2.05) is 7.05 Å². The molecule has 15 heavy (non-hydrogen) atoms. The minimum absolute atomic E-state index is 0.162. The topological polar surface area (TPSA) is 15.3 Å². The molecule has 0 bridgehead atoms. The van der Waals surface area contributed by atoms with Gasteiger partial charge < -0.3 is 5.01 Å². The predicted octanol–water partition coefficient (Wildman–Crippen LogP) is 3.42. The molecule has 0 aliphatic rings. The Morgan fingerprint density at radius 1 is 0.933 bits per heavy atom. The van der Waals surface area contributed by atoms with Crippen LogP contribution in [-0.2, 0) is 0 Å². The third kappa shape index (κ3) is 3.86. The van der Waals surface area contributed by atoms with Gasteiger partial charge in [0.15, 0.2) is 0 Å². The van der Waals surface area contributed by atoms with Crippen LogP contribution in [0.2, 0.25) is 0 Å². The molecule has 0 rings (SSSR count). The van der Waals surface area contributed by atoms with Crippen LogP contribution in [0.5, 0.6) is 0 Å². The summed E-state index contributed by atoms with van der Waals surface area (Å²) in [5.74, 6) is 0. The molecule has 0 aromatic rings. The Morgan fingerprint density at radius 3 is 1.53 bits per heavy atom. The highest BCUT2D eigenvalue weighted by molar-refractivity contribution is 5.21. The Hall–Kier alpha value is -0.500. The van der Waals surface area contributed by atoms with Crippen molar-refractivity contribution in [1.82, 2.24) is 10.4 Å². The lowest BCUT2D eigenvalue weighted by atomic mass is 9.79. The van der Waals surface area contributed by atoms with Crippen LogP contribution in [-0.4, -0.2) is 19.1 Å². The fourth-order valence-electron chi connectivity index (χ4n) is 1.78. The molecule has 2 heteroatoms. The van der Waals surface area contributed by atoms with Crippen LogP contribution in [0.3, 0.4) is 0 Å². The molecule has 0 heterocycles. The van der Waals surface area contributed by atoms with Gasteiger partial charge in [-0.2, -0.15) is 0 Å². The zero-order valence-electron chi connectivity index (χ0n) is 11.9. The van der Waals surface area contributed by atoms with E-state index in [0.29, 0.717) is 0 Å². The molecular formula is C13H28N2. The van der Waals surface area contributed by atoms with Gasteiger partial charge in [-0.3, -0.25) is 0 Å². The summed E-state index contributed by atoms with van der Waals surface area (Å²) in [5.41, 5.74) is 6.39. The number of hydrogen-bond donors (Lipinski definition) is 1. The highest BCUT2D eigenvalue weighted by Gasteiger charge is 2.27. The Bertz CT molecular complexity index is 238. The zero-order valence-corrected chi connectivity index (χ0v) is 11.9. The lowest BCUT2D eigenvalue weighted by Crippen LogP contribution is -2.38. The molecule has 0 aromatic carbocycles. The molecule has 0 spiro atoms. The standard InChI is InChI=1S/C13H28N2/c1-10(12(2,3)4)11(13(5,6)7)15(9)14-8/h14H,1-9H3/b11-10+. The molecule has 0 saturated carbocycles. The van der Waals surface area contributed by atoms with E-state index in [1.54, 1.807) is 0 Å². The summed E-state index contributed by atoms with van der Waals surface area (Å²) in [6.07, 6.45) is 0. The molecule has 0 aliphatic heterocycles. The van der Waals surface area contributed by atoms with Gasteiger partial charge in [-0.15, -0.1) is 0 Å². The summed E-state index contributed by atoms with van der Waals surface area (Å²) in [5, 5.41) is 2.13. The molecule has 0 unspecified atom stereocenters. The van der Waals surface area contributed by atoms with Crippen molar-refractivity contribution in [2.45, 2.75) is 48.5 Å². The SMILES string of the molecule is CNN(C)/C(=C(\C)C(C)(C)C)C(C)(C)C. The van der Waals surface area contributed by atoms with E-state index >= 15 is 0 Å². The van der Waals surface area contributed by atoms with Crippen molar-refractivity contribution in [3.8, 4) is 0 Å². The van der Waals surface area contributed by atoms with Crippen LogP contribution in [0.15, 0.2) is 11.3 Å². The molecule has 0 atom stereocenters. The normalized spacial score (nSPS) is 15.0. The Morgan fingerprint density at radius 2 is 1.33 bits per heavy atom. The maximum absolute atomic E-state index is 3.20. The molecule has 0 aliphatic carbocycles. The van der Waals surface area contributed by atoms with Gasteiger partial charge in [0.25, 0.3) is 0 Å². The number of allylic oxidation sites excluding steroid dienone is 2. The highest BCUT2D eigenvalue weighted by atomic mass is 15.5. The van der Waals surface area contributed by atoms with Gasteiger partial charge in [0.05, 0.1) is 0 Å². The summed E-state index contributed by atoms with van der Waals surface area (Å²) in [6, 6.07) is 0. The molecule has 90 valence electrons. The van der Waals surface area contributed by atoms with Crippen LogP contribution in [0.25, 0.3) is 0 Å². The van der Waals surface area contributed by atoms with Crippen molar-refractivity contribution in [1.29, 1.82) is 0 Å². The Kier molecular flexibility index (Phi) is 4.41. The predicted molar refractivity (Wildman–Crippen MR) is 68.4 cm³/mol. The zero-order chi connectivity index (χ0) is 12.4. The summed E-state index contributed by atoms with van der Waals surface area (Å²) >= 11 is 0. The van der Waals surface area contributed by atoms with E-state index in [-0.39, 0.29) is 10.8 Å². The number of rotatable bonds is 2. The molecule has 0 aromatic heterocycles. The number of nitrogens with zero attached hydrogens (tertiary/aromatic N) is 1. The first-order valence-corrected chi connectivity index (χ1v) is 5.64. The highest BCUT2D eigenvalue weighted by Crippen LogP contribution is 2.36. The monoisotopic (exact) mass is 212 g/mol. The molecule has 0 radical (unpaired) electrons. The number of hydrazine groups is 1. The van der Waals surface area contributed by atoms with Gasteiger partial charge in [0.1, 0.15) is 0 Å². The van der Waals surface area contributed by atoms with Gasteiger partial charge in [-0.1, -0.05) is 41.5 Å². The van der Waals surface area contributed by atoms with E-state index in [4.69, 9.17) is 0 Å². The number of hydrogen-bond acceptors (Lipinski definition) is 2. The van der Waals surface area contributed by atoms with Crippen LogP contribution >= 0.6 is 0 Å². The van der Waals surface area contributed by atoms with E-state index in [0.717, 1.165) is 0 Å². The van der Waals surface area contributed by atoms with E-state index < -0.39 is 0 Å². The Balaban J connectivity index is 5.48. The number of nitrogens with one attached hydrogen (secondary N) is 1. The molecule has 0 saturated heterocycles. The lowest BCUT2D eigenvalue weighted by molar-refractivity contribution is 0.241. The van der Waals surface area contributed by atoms with Crippen LogP contribution in [0.4, 0.5) is 0 Å². The van der Waals surface area contributed by atoms with E-state index in [2.05, 4.69) is 65.9 Å². The maximum Gasteiger partial charge on any atom is 0.0338 e. The van der Waals surface area contributed by atoms with Gasteiger partial charge in [-0.05, 0) is 17.9 Å². The van der Waals surface area contributed by atoms with E-state index in [9.17, 15) is 0 Å². The van der Waals surface area contributed by atoms with Crippen molar-refractivity contribution in [3.05, 3.63) is 11.3 Å². The van der Waals surface area contributed by atoms with Crippen molar-refractivity contribution < 1.29 is 0 Å². The van der Waals surface area contributed by atoms with Gasteiger partial charge in [0.2, 0.25) is 0 Å². The third-order valence-electron chi connectivity index (χ3n) is 2.86. The van der Waals surface area contributed by atoms with E-state index in [1.165, 1.54) is 11.3 Å². The second kappa shape index (κ2) is 4.56. The second-order valence-corrected chi connectivity index (χ2v) is 6.26. The Labute approximate surface area is 95.7 Å². The summed E-state index contributed by atoms with van der Waals surface area (Å²) < 4.78 is 0. The van der Waals surface area contributed by atoms with Crippen molar-refractivity contribution in [2.24, 2.45) is 10.8 Å². The molecule has 0 amide bonds. The summed E-state index contributed by atoms with van der Waals surface area (Å²) in [7, 11) is 4.04. The largest absolute Gasteiger partial charge is 0.315 e. The van der Waals surface area contributed by atoms with Gasteiger partial charge in [-0.25, -0.2) is 5.43 Å². The first-order valence-electron chi connectivity index (χ1n) is 5.64. The molecule has 1 N–H and O–H groups in total. The fraction of sp³-hybridized carbons (Fsp3) is 0.846. The van der Waals surface area contributed by atoms with Crippen LogP contribution < -0.4 is 5.43 Å². The van der Waals surface area contributed by atoms with Crippen molar-refractivity contribution in [3.63, 3.8) is 0 Å². The average molecular weight is 212 g/mol. The minimum atomic E-state index is 0.162. The summed E-state index contributed by atoms with van der Waals surface area (Å²) in [4.78, 5) is 0. The quantitative estimate of drug-likeness (QED) is 0.706. The fourth-order valence-corrected chi connectivity index (χ4v) is 1.78. The maximum atomic E-state index is 3.20. The van der Waals surface area contributed by atoms with Crippen LogP contribution in [0.1, 0.15) is 48.5 Å². The van der Waals surface area contributed by atoms with Gasteiger partial charge >= 0.3 is 0 Å². The van der Waals surface area contributed by atoms with Crippen molar-refractivity contribution in [2.75, 3.05) is 14.1 Å². The summed E-state index contributed by atoms with van der Waals surface area (Å²) in [6.45, 7) is 15.8. The van der Waals surface area contributed by atoms with Crippen LogP contribution in [0, 0.1) is 10.8 Å². The van der Waals surface area contributed by atoms with Gasteiger partial charge in [0, 0.05) is 25.2 Å². The molecular weight excluding hydrogens is 184 g/mol.